The number of hydrogen-bond donors (Lipinski definition) is 1. The third kappa shape index (κ3) is 2.61. The van der Waals surface area contributed by atoms with E-state index < -0.39 is 0 Å². The molecule has 1 N–H and O–H groups in total. The van der Waals surface area contributed by atoms with Crippen LogP contribution in [0.3, 0.4) is 0 Å². The molecule has 0 aromatic rings. The number of likely N-dealkylation sites (tertiary alicyclic amines) is 1. The topological polar surface area (TPSA) is 52.7 Å². The number of carbonyl (C=O) groups excluding carboxylic acids is 2. The van der Waals surface area contributed by atoms with Crippen molar-refractivity contribution < 1.29 is 9.59 Å². The first-order valence-corrected chi connectivity index (χ1v) is 8.00. The molecule has 112 valence electrons. The molecule has 20 heavy (non-hydrogen) atoms. The molecule has 2 saturated heterocycles. The average Bonchev–Trinajstić information content (AvgIpc) is 2.89. The molecule has 2 heterocycles. The molecule has 2 amide bonds. The molecule has 1 saturated carbocycles. The molecular formula is C15H25N3O2. The van der Waals surface area contributed by atoms with Crippen LogP contribution in [0.1, 0.15) is 44.9 Å². The number of nitrogens with zero attached hydrogens (tertiary/aromatic N) is 2. The molecule has 3 rings (SSSR count). The fourth-order valence-electron chi connectivity index (χ4n) is 3.99. The first-order valence-electron chi connectivity index (χ1n) is 8.00. The van der Waals surface area contributed by atoms with Crippen LogP contribution in [0.25, 0.3) is 0 Å². The van der Waals surface area contributed by atoms with E-state index in [4.69, 9.17) is 0 Å². The molecular weight excluding hydrogens is 254 g/mol. The van der Waals surface area contributed by atoms with E-state index in [1.54, 1.807) is 0 Å². The summed E-state index contributed by atoms with van der Waals surface area (Å²) in [7, 11) is 0. The Bertz CT molecular complexity index is 382. The lowest BCUT2D eigenvalue weighted by Crippen LogP contribution is -2.63. The van der Waals surface area contributed by atoms with Crippen LogP contribution in [0, 0.1) is 0 Å². The number of imide groups is 1. The van der Waals surface area contributed by atoms with E-state index in [1.807, 2.05) is 0 Å². The molecule has 5 nitrogen and oxygen atoms in total. The summed E-state index contributed by atoms with van der Waals surface area (Å²) in [6, 6.07) is 0. The van der Waals surface area contributed by atoms with Crippen molar-refractivity contribution in [1.82, 2.24) is 15.1 Å². The summed E-state index contributed by atoms with van der Waals surface area (Å²) in [4.78, 5) is 27.9. The van der Waals surface area contributed by atoms with Gasteiger partial charge >= 0.3 is 0 Å². The van der Waals surface area contributed by atoms with Crippen LogP contribution in [-0.4, -0.2) is 59.9 Å². The molecule has 0 radical (unpaired) electrons. The second-order valence-corrected chi connectivity index (χ2v) is 6.43. The molecule has 0 unspecified atom stereocenters. The number of amides is 2. The highest BCUT2D eigenvalue weighted by Gasteiger charge is 2.41. The Labute approximate surface area is 120 Å². The summed E-state index contributed by atoms with van der Waals surface area (Å²) in [5.41, 5.74) is 0.162. The van der Waals surface area contributed by atoms with Gasteiger partial charge in [0.15, 0.2) is 0 Å². The predicted octanol–water partition coefficient (Wildman–Crippen LogP) is 0.743. The van der Waals surface area contributed by atoms with Crippen LogP contribution in [-0.2, 0) is 9.59 Å². The molecule has 1 spiro atoms. The Morgan fingerprint density at radius 2 is 1.95 bits per heavy atom. The molecule has 5 heteroatoms. The van der Waals surface area contributed by atoms with Gasteiger partial charge in [0.25, 0.3) is 0 Å². The van der Waals surface area contributed by atoms with Gasteiger partial charge in [0.05, 0.1) is 6.54 Å². The molecule has 0 atom stereocenters. The second-order valence-electron chi connectivity index (χ2n) is 6.43. The smallest absolute Gasteiger partial charge is 0.243 e. The second kappa shape index (κ2) is 5.82. The fraction of sp³-hybridized carbons (Fsp3) is 0.867. The van der Waals surface area contributed by atoms with Gasteiger partial charge in [-0.3, -0.25) is 19.4 Å². The Balaban J connectivity index is 1.67. The molecule has 1 aliphatic carbocycles. The Kier molecular flexibility index (Phi) is 4.08. The highest BCUT2D eigenvalue weighted by Crippen LogP contribution is 2.34. The minimum absolute atomic E-state index is 0.0133. The third-order valence-electron chi connectivity index (χ3n) is 5.17. The first kappa shape index (κ1) is 14.0. The molecule has 3 fully saturated rings. The normalized spacial score (nSPS) is 27.2. The Morgan fingerprint density at radius 1 is 1.15 bits per heavy atom. The number of hydrogen-bond acceptors (Lipinski definition) is 4. The van der Waals surface area contributed by atoms with Crippen molar-refractivity contribution in [2.45, 2.75) is 50.5 Å². The number of carbonyl (C=O) groups is 2. The monoisotopic (exact) mass is 279 g/mol. The van der Waals surface area contributed by atoms with Gasteiger partial charge in [-0.25, -0.2) is 0 Å². The van der Waals surface area contributed by atoms with Crippen LogP contribution in [0.15, 0.2) is 0 Å². The third-order valence-corrected chi connectivity index (χ3v) is 5.17. The molecule has 0 aromatic heterocycles. The summed E-state index contributed by atoms with van der Waals surface area (Å²) in [5, 5.41) is 3.49. The fourth-order valence-corrected chi connectivity index (χ4v) is 3.99. The maximum Gasteiger partial charge on any atom is 0.243 e. The van der Waals surface area contributed by atoms with Gasteiger partial charge in [-0.05, 0) is 19.3 Å². The van der Waals surface area contributed by atoms with E-state index in [9.17, 15) is 9.59 Å². The van der Waals surface area contributed by atoms with E-state index >= 15 is 0 Å². The minimum atomic E-state index is 0.0133. The van der Waals surface area contributed by atoms with Crippen molar-refractivity contribution in [2.75, 3.05) is 32.7 Å². The van der Waals surface area contributed by atoms with Crippen molar-refractivity contribution in [3.8, 4) is 0 Å². The van der Waals surface area contributed by atoms with E-state index in [2.05, 4.69) is 10.2 Å². The molecule has 0 bridgehead atoms. The lowest BCUT2D eigenvalue weighted by molar-refractivity contribution is -0.144. The molecule has 0 aromatic carbocycles. The van der Waals surface area contributed by atoms with E-state index in [-0.39, 0.29) is 17.4 Å². The van der Waals surface area contributed by atoms with Crippen molar-refractivity contribution in [3.05, 3.63) is 0 Å². The van der Waals surface area contributed by atoms with Gasteiger partial charge in [-0.1, -0.05) is 19.3 Å². The number of nitrogens with one attached hydrogen (secondary N) is 1. The Hall–Kier alpha value is -0.940. The Morgan fingerprint density at radius 3 is 2.65 bits per heavy atom. The summed E-state index contributed by atoms with van der Waals surface area (Å²) >= 11 is 0. The van der Waals surface area contributed by atoms with Crippen molar-refractivity contribution in [2.24, 2.45) is 0 Å². The van der Waals surface area contributed by atoms with Gasteiger partial charge in [-0.15, -0.1) is 0 Å². The van der Waals surface area contributed by atoms with Crippen molar-refractivity contribution in [3.63, 3.8) is 0 Å². The highest BCUT2D eigenvalue weighted by molar-refractivity contribution is 5.97. The van der Waals surface area contributed by atoms with E-state index in [0.29, 0.717) is 19.5 Å². The largest absolute Gasteiger partial charge is 0.314 e. The zero-order valence-corrected chi connectivity index (χ0v) is 12.2. The van der Waals surface area contributed by atoms with Crippen LogP contribution >= 0.6 is 0 Å². The van der Waals surface area contributed by atoms with Crippen LogP contribution in [0.4, 0.5) is 0 Å². The summed E-state index contributed by atoms with van der Waals surface area (Å²) in [6.07, 6.45) is 7.57. The lowest BCUT2D eigenvalue weighted by atomic mass is 9.79. The summed E-state index contributed by atoms with van der Waals surface area (Å²) in [5.74, 6) is 0.0298. The van der Waals surface area contributed by atoms with Crippen LogP contribution in [0.2, 0.25) is 0 Å². The SMILES string of the molecule is O=C1CCCN1C(=O)CN1CCNCC12CCCCC2. The summed E-state index contributed by atoms with van der Waals surface area (Å²) in [6.45, 7) is 3.91. The minimum Gasteiger partial charge on any atom is -0.314 e. The van der Waals surface area contributed by atoms with Gasteiger partial charge in [0.2, 0.25) is 11.8 Å². The molecule has 3 aliphatic rings. The predicted molar refractivity (Wildman–Crippen MR) is 76.2 cm³/mol. The first-order chi connectivity index (χ1) is 9.71. The van der Waals surface area contributed by atoms with Gasteiger partial charge in [-0.2, -0.15) is 0 Å². The van der Waals surface area contributed by atoms with Gasteiger partial charge in [0, 0.05) is 38.1 Å². The van der Waals surface area contributed by atoms with E-state index in [0.717, 1.165) is 26.1 Å². The zero-order chi connectivity index (χ0) is 14.0. The standard InChI is InChI=1S/C15H25N3O2/c19-13-5-4-9-18(13)14(20)11-17-10-8-16-12-15(17)6-2-1-3-7-15/h16H,1-12H2. The van der Waals surface area contributed by atoms with Gasteiger partial charge in [0.1, 0.15) is 0 Å². The number of piperazine rings is 1. The van der Waals surface area contributed by atoms with Crippen molar-refractivity contribution in [1.29, 1.82) is 0 Å². The van der Waals surface area contributed by atoms with Gasteiger partial charge < -0.3 is 5.32 Å². The maximum atomic E-state index is 12.4. The average molecular weight is 279 g/mol. The zero-order valence-electron chi connectivity index (χ0n) is 12.2. The highest BCUT2D eigenvalue weighted by atomic mass is 16.2. The molecule has 2 aliphatic heterocycles. The maximum absolute atomic E-state index is 12.4. The van der Waals surface area contributed by atoms with Crippen molar-refractivity contribution >= 4 is 11.8 Å². The quantitative estimate of drug-likeness (QED) is 0.810. The van der Waals surface area contributed by atoms with E-state index in [1.165, 1.54) is 37.0 Å². The lowest BCUT2D eigenvalue weighted by Gasteiger charge is -2.49. The van der Waals surface area contributed by atoms with Crippen LogP contribution in [0.5, 0.6) is 0 Å². The number of rotatable bonds is 2. The van der Waals surface area contributed by atoms with Crippen LogP contribution < -0.4 is 5.32 Å². The summed E-state index contributed by atoms with van der Waals surface area (Å²) < 4.78 is 0.